The van der Waals surface area contributed by atoms with Crippen molar-refractivity contribution in [1.29, 1.82) is 0 Å². The highest BCUT2D eigenvalue weighted by Gasteiger charge is 2.52. The minimum Gasteiger partial charge on any atom is -0.381 e. The summed E-state index contributed by atoms with van der Waals surface area (Å²) in [6.07, 6.45) is 0.182. The maximum Gasteiger partial charge on any atom is 0.247 e. The Morgan fingerprint density at radius 3 is 2.32 bits per heavy atom. The van der Waals surface area contributed by atoms with Crippen LogP contribution in [-0.2, 0) is 19.4 Å². The molecule has 8 heteroatoms. The van der Waals surface area contributed by atoms with Crippen LogP contribution in [0.5, 0.6) is 0 Å². The highest BCUT2D eigenvalue weighted by atomic mass is 32.2. The van der Waals surface area contributed by atoms with Crippen LogP contribution in [0.3, 0.4) is 0 Å². The molecule has 7 nitrogen and oxygen atoms in total. The van der Waals surface area contributed by atoms with Crippen LogP contribution >= 0.6 is 0 Å². The molecule has 1 aliphatic heterocycles. The van der Waals surface area contributed by atoms with Crippen molar-refractivity contribution in [3.05, 3.63) is 71.9 Å². The number of anilines is 1. The summed E-state index contributed by atoms with van der Waals surface area (Å²) < 4.78 is 32.5. The van der Waals surface area contributed by atoms with E-state index in [2.05, 4.69) is 10.4 Å². The van der Waals surface area contributed by atoms with E-state index in [1.54, 1.807) is 28.9 Å². The summed E-state index contributed by atoms with van der Waals surface area (Å²) in [6, 6.07) is 17.7. The van der Waals surface area contributed by atoms with Crippen LogP contribution in [0.4, 0.5) is 5.82 Å². The van der Waals surface area contributed by atoms with E-state index < -0.39 is 20.5 Å². The molecule has 1 amide bonds. The Labute approximate surface area is 182 Å². The molecule has 1 fully saturated rings. The van der Waals surface area contributed by atoms with E-state index in [1.807, 2.05) is 38.1 Å². The Balaban J connectivity index is 1.67. The second-order valence-electron chi connectivity index (χ2n) is 7.80. The number of benzene rings is 2. The summed E-state index contributed by atoms with van der Waals surface area (Å²) in [5.41, 5.74) is 2.82. The van der Waals surface area contributed by atoms with Crippen molar-refractivity contribution in [3.63, 3.8) is 0 Å². The average molecular weight is 440 g/mol. The molecule has 0 radical (unpaired) electrons. The van der Waals surface area contributed by atoms with Crippen molar-refractivity contribution in [2.24, 2.45) is 0 Å². The minimum atomic E-state index is -3.93. The van der Waals surface area contributed by atoms with Gasteiger partial charge in [-0.15, -0.1) is 5.10 Å². The zero-order valence-electron chi connectivity index (χ0n) is 17.5. The van der Waals surface area contributed by atoms with Gasteiger partial charge in [-0.3, -0.25) is 4.79 Å². The number of rotatable bonds is 5. The number of carbonyl (C=O) groups is 1. The van der Waals surface area contributed by atoms with E-state index in [4.69, 9.17) is 4.74 Å². The van der Waals surface area contributed by atoms with Crippen LogP contribution in [0.2, 0.25) is 0 Å². The highest BCUT2D eigenvalue weighted by molar-refractivity contribution is 7.93. The Morgan fingerprint density at radius 2 is 1.68 bits per heavy atom. The molecular formula is C23H25N3O4S. The second kappa shape index (κ2) is 8.28. The van der Waals surface area contributed by atoms with E-state index in [0.717, 1.165) is 16.9 Å². The first-order chi connectivity index (χ1) is 14.8. The molecule has 2 aromatic carbocycles. The Hall–Kier alpha value is -2.97. The van der Waals surface area contributed by atoms with Crippen LogP contribution < -0.4 is 5.32 Å². The minimum absolute atomic E-state index is 0.0910. The van der Waals surface area contributed by atoms with Gasteiger partial charge in [0.05, 0.1) is 10.6 Å². The van der Waals surface area contributed by atoms with Gasteiger partial charge in [-0.05, 0) is 51.0 Å². The summed E-state index contributed by atoms with van der Waals surface area (Å²) in [5, 5.41) is 7.25. The van der Waals surface area contributed by atoms with Crippen molar-refractivity contribution in [3.8, 4) is 5.69 Å². The van der Waals surface area contributed by atoms with Crippen LogP contribution in [0, 0.1) is 13.8 Å². The number of hydrogen-bond acceptors (Lipinski definition) is 5. The third-order valence-corrected chi connectivity index (χ3v) is 8.20. The van der Waals surface area contributed by atoms with Crippen LogP contribution in [0.25, 0.3) is 5.69 Å². The molecule has 162 valence electrons. The zero-order chi connectivity index (χ0) is 22.1. The molecule has 0 spiro atoms. The molecule has 1 N–H and O–H groups in total. The Bertz CT molecular complexity index is 1180. The third kappa shape index (κ3) is 3.88. The fraction of sp³-hybridized carbons (Fsp3) is 0.304. The molecule has 1 saturated heterocycles. The summed E-state index contributed by atoms with van der Waals surface area (Å²) >= 11 is 0. The molecule has 31 heavy (non-hydrogen) atoms. The fourth-order valence-corrected chi connectivity index (χ4v) is 5.82. The van der Waals surface area contributed by atoms with E-state index in [9.17, 15) is 13.2 Å². The summed E-state index contributed by atoms with van der Waals surface area (Å²) in [5.74, 6) is -0.259. The lowest BCUT2D eigenvalue weighted by Gasteiger charge is -2.34. The average Bonchev–Trinajstić information content (AvgIpc) is 3.15. The molecular weight excluding hydrogens is 414 g/mol. The van der Waals surface area contributed by atoms with Crippen LogP contribution in [-0.4, -0.2) is 42.1 Å². The van der Waals surface area contributed by atoms with Crippen molar-refractivity contribution >= 4 is 21.6 Å². The maximum absolute atomic E-state index is 13.5. The first-order valence-corrected chi connectivity index (χ1v) is 11.6. The SMILES string of the molecule is Cc1ccc(-n2nc(NC(=O)C3(S(=O)(=O)c4ccccc4)CCOCC3)cc2C)cc1. The number of carbonyl (C=O) groups excluding carboxylic acids is 1. The summed E-state index contributed by atoms with van der Waals surface area (Å²) in [7, 11) is -3.93. The van der Waals surface area contributed by atoms with Crippen molar-refractivity contribution in [2.45, 2.75) is 36.3 Å². The molecule has 0 atom stereocenters. The molecule has 4 rings (SSSR count). The number of hydrogen-bond donors (Lipinski definition) is 1. The molecule has 3 aromatic rings. The fourth-order valence-electron chi connectivity index (χ4n) is 3.86. The first-order valence-electron chi connectivity index (χ1n) is 10.2. The smallest absolute Gasteiger partial charge is 0.247 e. The lowest BCUT2D eigenvalue weighted by Crippen LogP contribution is -2.53. The number of amides is 1. The maximum atomic E-state index is 13.5. The van der Waals surface area contributed by atoms with Gasteiger partial charge in [-0.1, -0.05) is 35.9 Å². The van der Waals surface area contributed by atoms with Gasteiger partial charge in [0.2, 0.25) is 5.91 Å². The number of aromatic nitrogens is 2. The highest BCUT2D eigenvalue weighted by Crippen LogP contribution is 2.36. The van der Waals surface area contributed by atoms with Gasteiger partial charge in [0, 0.05) is 25.0 Å². The van der Waals surface area contributed by atoms with Gasteiger partial charge in [0.15, 0.2) is 20.4 Å². The quantitative estimate of drug-likeness (QED) is 0.658. The molecule has 2 heterocycles. The predicted octanol–water partition coefficient (Wildman–Crippen LogP) is 3.45. The zero-order valence-corrected chi connectivity index (χ0v) is 18.4. The largest absolute Gasteiger partial charge is 0.381 e. The van der Waals surface area contributed by atoms with E-state index in [1.165, 1.54) is 12.1 Å². The normalized spacial score (nSPS) is 16.1. The lowest BCUT2D eigenvalue weighted by molar-refractivity contribution is -0.121. The molecule has 0 saturated carbocycles. The molecule has 0 unspecified atom stereocenters. The van der Waals surface area contributed by atoms with Crippen LogP contribution in [0.1, 0.15) is 24.1 Å². The van der Waals surface area contributed by atoms with E-state index in [-0.39, 0.29) is 31.0 Å². The summed E-state index contributed by atoms with van der Waals surface area (Å²) in [6.45, 7) is 4.30. The van der Waals surface area contributed by atoms with Gasteiger partial charge in [-0.2, -0.15) is 0 Å². The Morgan fingerprint density at radius 1 is 1.03 bits per heavy atom. The van der Waals surface area contributed by atoms with Gasteiger partial charge in [-0.25, -0.2) is 13.1 Å². The number of nitrogens with zero attached hydrogens (tertiary/aromatic N) is 2. The van der Waals surface area contributed by atoms with E-state index >= 15 is 0 Å². The molecule has 1 aromatic heterocycles. The predicted molar refractivity (Wildman–Crippen MR) is 118 cm³/mol. The monoisotopic (exact) mass is 439 g/mol. The van der Waals surface area contributed by atoms with Gasteiger partial charge >= 0.3 is 0 Å². The standard InChI is InChI=1S/C23H25N3O4S/c1-17-8-10-19(11-9-17)26-18(2)16-21(25-26)24-22(27)23(12-14-30-15-13-23)31(28,29)20-6-4-3-5-7-20/h3-11,16H,12-15H2,1-2H3,(H,24,25,27). The van der Waals surface area contributed by atoms with Gasteiger partial charge in [0.25, 0.3) is 0 Å². The van der Waals surface area contributed by atoms with Crippen molar-refractivity contribution < 1.29 is 17.9 Å². The number of aryl methyl sites for hydroxylation is 2. The molecule has 1 aliphatic rings. The van der Waals surface area contributed by atoms with Gasteiger partial charge < -0.3 is 10.1 Å². The number of ether oxygens (including phenoxy) is 1. The molecule has 0 bridgehead atoms. The van der Waals surface area contributed by atoms with Gasteiger partial charge in [0.1, 0.15) is 0 Å². The second-order valence-corrected chi connectivity index (χ2v) is 10.1. The summed E-state index contributed by atoms with van der Waals surface area (Å²) in [4.78, 5) is 13.5. The van der Waals surface area contributed by atoms with E-state index in [0.29, 0.717) is 5.82 Å². The first kappa shape index (κ1) is 21.3. The number of sulfone groups is 1. The lowest BCUT2D eigenvalue weighted by atomic mass is 9.98. The Kier molecular flexibility index (Phi) is 5.68. The topological polar surface area (TPSA) is 90.3 Å². The van der Waals surface area contributed by atoms with Crippen molar-refractivity contribution in [2.75, 3.05) is 18.5 Å². The van der Waals surface area contributed by atoms with Crippen LogP contribution in [0.15, 0.2) is 65.6 Å². The number of nitrogens with one attached hydrogen (secondary N) is 1. The third-order valence-electron chi connectivity index (χ3n) is 5.69. The van der Waals surface area contributed by atoms with Crippen molar-refractivity contribution in [1.82, 2.24) is 9.78 Å². The molecule has 0 aliphatic carbocycles.